The summed E-state index contributed by atoms with van der Waals surface area (Å²) in [5.74, 6) is -0.771. The van der Waals surface area contributed by atoms with Crippen LogP contribution in [0.2, 0.25) is 0 Å². The summed E-state index contributed by atoms with van der Waals surface area (Å²) in [4.78, 5) is 39.3. The minimum Gasteiger partial charge on any atom is -0.493 e. The van der Waals surface area contributed by atoms with E-state index >= 15 is 0 Å². The highest BCUT2D eigenvalue weighted by Gasteiger charge is 2.42. The number of rotatable bonds is 13. The molecule has 0 heterocycles. The van der Waals surface area contributed by atoms with Crippen LogP contribution in [0.15, 0.2) is 78.9 Å². The molecule has 1 aliphatic carbocycles. The van der Waals surface area contributed by atoms with Crippen molar-refractivity contribution in [1.82, 2.24) is 10.4 Å². The molecule has 1 atom stereocenters. The third kappa shape index (κ3) is 6.77. The predicted molar refractivity (Wildman–Crippen MR) is 143 cm³/mol. The number of carbonyl (C=O) groups is 3. The molecule has 3 aromatic rings. The molecule has 38 heavy (non-hydrogen) atoms. The minimum atomic E-state index is -0.965. The Balaban J connectivity index is 1.50. The van der Waals surface area contributed by atoms with Crippen molar-refractivity contribution in [3.8, 4) is 16.9 Å². The normalized spacial score (nSPS) is 13.4. The molecule has 1 fully saturated rings. The zero-order chi connectivity index (χ0) is 26.9. The van der Waals surface area contributed by atoms with Crippen molar-refractivity contribution in [3.63, 3.8) is 0 Å². The molecule has 3 amide bonds. The van der Waals surface area contributed by atoms with Gasteiger partial charge in [0, 0.05) is 23.6 Å². The quantitative estimate of drug-likeness (QED) is 0.174. The van der Waals surface area contributed by atoms with Gasteiger partial charge in [-0.3, -0.25) is 19.6 Å². The van der Waals surface area contributed by atoms with Gasteiger partial charge in [-0.15, -0.1) is 0 Å². The first-order valence-electron chi connectivity index (χ1n) is 12.9. The van der Waals surface area contributed by atoms with Gasteiger partial charge in [0.1, 0.15) is 11.8 Å². The fourth-order valence-electron chi connectivity index (χ4n) is 4.51. The maximum absolute atomic E-state index is 13.7. The minimum absolute atomic E-state index is 0.0699. The van der Waals surface area contributed by atoms with Crippen LogP contribution in [0.5, 0.6) is 5.75 Å². The van der Waals surface area contributed by atoms with E-state index in [0.29, 0.717) is 36.3 Å². The zero-order valence-corrected chi connectivity index (χ0v) is 21.2. The molecule has 4 rings (SSSR count). The number of hydrogen-bond donors (Lipinski definition) is 3. The van der Waals surface area contributed by atoms with Crippen LogP contribution >= 0.6 is 0 Å². The molecule has 0 aliphatic heterocycles. The van der Waals surface area contributed by atoms with Crippen molar-refractivity contribution in [1.29, 1.82) is 0 Å². The predicted octanol–water partition coefficient (Wildman–Crippen LogP) is 4.63. The van der Waals surface area contributed by atoms with Crippen molar-refractivity contribution in [2.24, 2.45) is 5.73 Å². The van der Waals surface area contributed by atoms with Crippen molar-refractivity contribution < 1.29 is 24.3 Å². The maximum Gasteiger partial charge on any atom is 0.255 e. The topological polar surface area (TPSA) is 122 Å². The number of primary amides is 1. The highest BCUT2D eigenvalue weighted by atomic mass is 16.5. The summed E-state index contributed by atoms with van der Waals surface area (Å²) in [5.41, 5.74) is 10.6. The van der Waals surface area contributed by atoms with Gasteiger partial charge in [-0.05, 0) is 61.4 Å². The summed E-state index contributed by atoms with van der Waals surface area (Å²) < 4.78 is 6.01. The van der Waals surface area contributed by atoms with Crippen LogP contribution < -0.4 is 16.0 Å². The van der Waals surface area contributed by atoms with E-state index in [-0.39, 0.29) is 18.4 Å². The Bertz CT molecular complexity index is 1240. The summed E-state index contributed by atoms with van der Waals surface area (Å²) in [6.45, 7) is 0.377. The molecule has 198 valence electrons. The van der Waals surface area contributed by atoms with E-state index in [4.69, 9.17) is 15.7 Å². The Morgan fingerprint density at radius 1 is 0.895 bits per heavy atom. The van der Waals surface area contributed by atoms with Crippen LogP contribution in [0.3, 0.4) is 0 Å². The smallest absolute Gasteiger partial charge is 0.255 e. The summed E-state index contributed by atoms with van der Waals surface area (Å²) in [7, 11) is 0. The Kier molecular flexibility index (Phi) is 9.11. The number of hydrogen-bond acceptors (Lipinski definition) is 5. The lowest BCUT2D eigenvalue weighted by Crippen LogP contribution is -2.43. The molecular formula is C30H33N3O5. The largest absolute Gasteiger partial charge is 0.493 e. The van der Waals surface area contributed by atoms with Crippen LogP contribution in [-0.2, 0) is 9.59 Å². The van der Waals surface area contributed by atoms with E-state index in [9.17, 15) is 14.4 Å². The maximum atomic E-state index is 13.7. The number of ether oxygens (including phenoxy) is 1. The first-order valence-corrected chi connectivity index (χ1v) is 12.9. The molecule has 0 radical (unpaired) electrons. The first kappa shape index (κ1) is 26.9. The molecular weight excluding hydrogens is 482 g/mol. The standard InChI is InChI=1S/C30H33N3O5/c31-29(35)28(25-11-6-7-12-26(25)38-20-8-2-5-13-27(34)32-37)33(24-18-19-24)30(36)23-16-14-22(15-17-23)21-9-3-1-4-10-21/h1,3-4,6-7,9-12,14-17,24,28,37H,2,5,8,13,18-20H2,(H2,31,35)(H,32,34). The Labute approximate surface area is 222 Å². The summed E-state index contributed by atoms with van der Waals surface area (Å²) in [6.07, 6.45) is 3.90. The van der Waals surface area contributed by atoms with Crippen LogP contribution in [0.1, 0.15) is 60.5 Å². The molecule has 0 spiro atoms. The lowest BCUT2D eigenvalue weighted by atomic mass is 10.00. The number of nitrogens with one attached hydrogen (secondary N) is 1. The molecule has 0 aromatic heterocycles. The second-order valence-electron chi connectivity index (χ2n) is 9.42. The van der Waals surface area contributed by atoms with Gasteiger partial charge in [-0.1, -0.05) is 60.7 Å². The van der Waals surface area contributed by atoms with Gasteiger partial charge in [0.25, 0.3) is 5.91 Å². The molecule has 4 N–H and O–H groups in total. The van der Waals surface area contributed by atoms with Gasteiger partial charge in [-0.2, -0.15) is 0 Å². The number of nitrogens with zero attached hydrogens (tertiary/aromatic N) is 1. The summed E-state index contributed by atoms with van der Waals surface area (Å²) >= 11 is 0. The van der Waals surface area contributed by atoms with Gasteiger partial charge in [0.2, 0.25) is 11.8 Å². The number of para-hydroxylation sites is 1. The van der Waals surface area contributed by atoms with Crippen LogP contribution in [-0.4, -0.2) is 40.5 Å². The monoisotopic (exact) mass is 515 g/mol. The van der Waals surface area contributed by atoms with E-state index in [2.05, 4.69) is 0 Å². The van der Waals surface area contributed by atoms with Crippen LogP contribution in [0.4, 0.5) is 0 Å². The number of hydroxylamine groups is 1. The summed E-state index contributed by atoms with van der Waals surface area (Å²) in [6, 6.07) is 23.4. The molecule has 1 saturated carbocycles. The molecule has 0 bridgehead atoms. The lowest BCUT2D eigenvalue weighted by molar-refractivity contribution is -0.129. The average Bonchev–Trinajstić information content (AvgIpc) is 3.79. The number of nitrogens with two attached hydrogens (primary N) is 1. The van der Waals surface area contributed by atoms with Crippen molar-refractivity contribution in [2.75, 3.05) is 6.61 Å². The van der Waals surface area contributed by atoms with Crippen molar-refractivity contribution in [2.45, 2.75) is 50.6 Å². The Morgan fingerprint density at radius 3 is 2.21 bits per heavy atom. The van der Waals surface area contributed by atoms with E-state index in [1.54, 1.807) is 40.7 Å². The van der Waals surface area contributed by atoms with E-state index in [1.807, 2.05) is 48.5 Å². The first-order chi connectivity index (χ1) is 18.5. The molecule has 1 unspecified atom stereocenters. The lowest BCUT2D eigenvalue weighted by Gasteiger charge is -2.31. The van der Waals surface area contributed by atoms with E-state index in [1.165, 1.54) is 0 Å². The fourth-order valence-corrected chi connectivity index (χ4v) is 4.51. The highest BCUT2D eigenvalue weighted by Crippen LogP contribution is 2.39. The van der Waals surface area contributed by atoms with Gasteiger partial charge in [-0.25, -0.2) is 5.48 Å². The zero-order valence-electron chi connectivity index (χ0n) is 21.2. The second kappa shape index (κ2) is 12.9. The van der Waals surface area contributed by atoms with Gasteiger partial charge < -0.3 is 15.4 Å². The third-order valence-electron chi connectivity index (χ3n) is 6.61. The number of unbranched alkanes of at least 4 members (excludes halogenated alkanes) is 2. The van der Waals surface area contributed by atoms with E-state index < -0.39 is 17.9 Å². The molecule has 1 aliphatic rings. The summed E-state index contributed by atoms with van der Waals surface area (Å²) in [5, 5.41) is 8.58. The molecule has 0 saturated heterocycles. The van der Waals surface area contributed by atoms with E-state index in [0.717, 1.165) is 30.4 Å². The SMILES string of the molecule is NC(=O)C(c1ccccc1OCCCCCC(=O)NO)N(C(=O)c1ccc(-c2ccccc2)cc1)C1CC1. The Hall–Kier alpha value is -4.17. The molecule has 3 aromatic carbocycles. The highest BCUT2D eigenvalue weighted by molar-refractivity contribution is 5.98. The molecule has 8 heteroatoms. The average molecular weight is 516 g/mol. The number of amides is 3. The second-order valence-corrected chi connectivity index (χ2v) is 9.42. The van der Waals surface area contributed by atoms with Crippen LogP contribution in [0, 0.1) is 0 Å². The molecule has 8 nitrogen and oxygen atoms in total. The van der Waals surface area contributed by atoms with Gasteiger partial charge in [0.15, 0.2) is 0 Å². The number of carbonyl (C=O) groups excluding carboxylic acids is 3. The number of benzene rings is 3. The Morgan fingerprint density at radius 2 is 1.55 bits per heavy atom. The van der Waals surface area contributed by atoms with Crippen molar-refractivity contribution in [3.05, 3.63) is 90.0 Å². The fraction of sp³-hybridized carbons (Fsp3) is 0.300. The van der Waals surface area contributed by atoms with Gasteiger partial charge >= 0.3 is 0 Å². The van der Waals surface area contributed by atoms with Gasteiger partial charge in [0.05, 0.1) is 6.61 Å². The third-order valence-corrected chi connectivity index (χ3v) is 6.61. The van der Waals surface area contributed by atoms with Crippen LogP contribution in [0.25, 0.3) is 11.1 Å². The van der Waals surface area contributed by atoms with Crippen molar-refractivity contribution >= 4 is 17.7 Å².